The highest BCUT2D eigenvalue weighted by Gasteiger charge is 2.14. The average Bonchev–Trinajstić information content (AvgIpc) is 2.33. The fourth-order valence-corrected chi connectivity index (χ4v) is 2.06. The molecule has 0 saturated heterocycles. The Morgan fingerprint density at radius 1 is 1.42 bits per heavy atom. The van der Waals surface area contributed by atoms with Gasteiger partial charge in [0.2, 0.25) is 0 Å². The normalized spacial score (nSPS) is 10.3. The number of nitrogen functional groups attached to an aromatic ring is 1. The number of aromatic nitrogens is 1. The number of hydrogen-bond acceptors (Lipinski definition) is 3. The van der Waals surface area contributed by atoms with Crippen molar-refractivity contribution in [3.63, 3.8) is 0 Å². The zero-order chi connectivity index (χ0) is 14.0. The number of anilines is 2. The molecule has 98 valence electrons. The Hall–Kier alpha value is -1.66. The van der Waals surface area contributed by atoms with Gasteiger partial charge in [0, 0.05) is 4.47 Å². The number of carbonyl (C=O) groups is 1. The van der Waals surface area contributed by atoms with Gasteiger partial charge in [0.05, 0.1) is 11.3 Å². The van der Waals surface area contributed by atoms with E-state index in [0.29, 0.717) is 10.3 Å². The Bertz CT molecular complexity index is 651. The Balaban J connectivity index is 2.28. The van der Waals surface area contributed by atoms with E-state index < -0.39 is 11.7 Å². The lowest BCUT2D eigenvalue weighted by atomic mass is 10.2. The number of nitrogens with one attached hydrogen (secondary N) is 1. The van der Waals surface area contributed by atoms with Crippen molar-refractivity contribution in [3.05, 3.63) is 51.3 Å². The SMILES string of the molecule is Nc1cc(C(=O)Nc2cccc(Cl)n2)c(Br)cc1F. The molecular formula is C12H8BrClFN3O. The van der Waals surface area contributed by atoms with Crippen LogP contribution in [0.5, 0.6) is 0 Å². The summed E-state index contributed by atoms with van der Waals surface area (Å²) in [5, 5.41) is 2.80. The fraction of sp³-hybridized carbons (Fsp3) is 0. The van der Waals surface area contributed by atoms with Gasteiger partial charge in [0.15, 0.2) is 0 Å². The predicted octanol–water partition coefficient (Wildman–Crippen LogP) is 3.47. The number of pyridine rings is 1. The van der Waals surface area contributed by atoms with Crippen molar-refractivity contribution in [2.24, 2.45) is 0 Å². The van der Waals surface area contributed by atoms with Crippen molar-refractivity contribution >= 4 is 44.9 Å². The first kappa shape index (κ1) is 13.8. The number of benzene rings is 1. The molecule has 0 bridgehead atoms. The highest BCUT2D eigenvalue weighted by molar-refractivity contribution is 9.10. The molecule has 7 heteroatoms. The predicted molar refractivity (Wildman–Crippen MR) is 75.7 cm³/mol. The van der Waals surface area contributed by atoms with Crippen LogP contribution in [-0.2, 0) is 0 Å². The minimum atomic E-state index is -0.593. The molecule has 0 aliphatic rings. The maximum Gasteiger partial charge on any atom is 0.258 e. The van der Waals surface area contributed by atoms with Gasteiger partial charge in [-0.3, -0.25) is 4.79 Å². The topological polar surface area (TPSA) is 68.0 Å². The molecule has 1 heterocycles. The van der Waals surface area contributed by atoms with Gasteiger partial charge in [-0.2, -0.15) is 0 Å². The van der Waals surface area contributed by atoms with E-state index in [9.17, 15) is 9.18 Å². The molecule has 0 atom stereocenters. The number of nitrogens with two attached hydrogens (primary N) is 1. The van der Waals surface area contributed by atoms with E-state index in [1.165, 1.54) is 6.07 Å². The van der Waals surface area contributed by atoms with Crippen molar-refractivity contribution in [2.75, 3.05) is 11.1 Å². The van der Waals surface area contributed by atoms with Crippen LogP contribution in [0.4, 0.5) is 15.9 Å². The molecule has 0 spiro atoms. The van der Waals surface area contributed by atoms with Crippen molar-refractivity contribution in [1.82, 2.24) is 4.98 Å². The molecule has 0 unspecified atom stereocenters. The third kappa shape index (κ3) is 3.21. The van der Waals surface area contributed by atoms with Gasteiger partial charge < -0.3 is 11.1 Å². The highest BCUT2D eigenvalue weighted by Crippen LogP contribution is 2.23. The monoisotopic (exact) mass is 343 g/mol. The van der Waals surface area contributed by atoms with Crippen LogP contribution in [0.15, 0.2) is 34.8 Å². The molecule has 2 rings (SSSR count). The van der Waals surface area contributed by atoms with Crippen LogP contribution >= 0.6 is 27.5 Å². The minimum Gasteiger partial charge on any atom is -0.396 e. The number of rotatable bonds is 2. The summed E-state index contributed by atoms with van der Waals surface area (Å²) in [6, 6.07) is 7.21. The van der Waals surface area contributed by atoms with E-state index in [1.807, 2.05) is 0 Å². The summed E-state index contributed by atoms with van der Waals surface area (Å²) >= 11 is 8.82. The number of carbonyl (C=O) groups excluding carboxylic acids is 1. The van der Waals surface area contributed by atoms with Gasteiger partial charge in [0.1, 0.15) is 16.8 Å². The molecule has 1 amide bonds. The third-order valence-corrected chi connectivity index (χ3v) is 3.15. The summed E-state index contributed by atoms with van der Waals surface area (Å²) in [6.07, 6.45) is 0. The first-order chi connectivity index (χ1) is 8.97. The Labute approximate surface area is 121 Å². The number of halogens is 3. The Morgan fingerprint density at radius 2 is 2.16 bits per heavy atom. The molecule has 0 saturated carbocycles. The van der Waals surface area contributed by atoms with Gasteiger partial charge in [-0.1, -0.05) is 17.7 Å². The lowest BCUT2D eigenvalue weighted by molar-refractivity contribution is 0.102. The quantitative estimate of drug-likeness (QED) is 0.647. The number of hydrogen-bond donors (Lipinski definition) is 2. The summed E-state index contributed by atoms with van der Waals surface area (Å²) in [7, 11) is 0. The summed E-state index contributed by atoms with van der Waals surface area (Å²) in [5.41, 5.74) is 5.54. The standard InChI is InChI=1S/C12H8BrClFN3O/c13-7-5-8(15)9(16)4-6(7)12(19)18-11-3-1-2-10(14)17-11/h1-5H,16H2,(H,17,18,19). The first-order valence-corrected chi connectivity index (χ1v) is 6.33. The summed E-state index contributed by atoms with van der Waals surface area (Å²) < 4.78 is 13.5. The van der Waals surface area contributed by atoms with Crippen molar-refractivity contribution < 1.29 is 9.18 Å². The number of amides is 1. The molecule has 19 heavy (non-hydrogen) atoms. The molecule has 4 nitrogen and oxygen atoms in total. The van der Waals surface area contributed by atoms with Gasteiger partial charge in [-0.25, -0.2) is 9.37 Å². The van der Waals surface area contributed by atoms with Crippen molar-refractivity contribution in [1.29, 1.82) is 0 Å². The van der Waals surface area contributed by atoms with Gasteiger partial charge in [-0.15, -0.1) is 0 Å². The highest BCUT2D eigenvalue weighted by atomic mass is 79.9. The summed E-state index contributed by atoms with van der Waals surface area (Å²) in [5.74, 6) is -0.759. The smallest absolute Gasteiger partial charge is 0.258 e. The van der Waals surface area contributed by atoms with E-state index in [-0.39, 0.29) is 16.4 Å². The average molecular weight is 345 g/mol. The lowest BCUT2D eigenvalue weighted by Gasteiger charge is -2.08. The second kappa shape index (κ2) is 5.54. The Morgan fingerprint density at radius 3 is 2.84 bits per heavy atom. The zero-order valence-electron chi connectivity index (χ0n) is 9.45. The molecule has 0 aliphatic carbocycles. The Kier molecular flexibility index (Phi) is 4.01. The molecule has 1 aromatic heterocycles. The molecule has 2 aromatic rings. The van der Waals surface area contributed by atoms with Crippen LogP contribution in [0, 0.1) is 5.82 Å². The fourth-order valence-electron chi connectivity index (χ4n) is 1.40. The van der Waals surface area contributed by atoms with E-state index in [0.717, 1.165) is 6.07 Å². The largest absolute Gasteiger partial charge is 0.396 e. The first-order valence-electron chi connectivity index (χ1n) is 5.16. The molecular weight excluding hydrogens is 337 g/mol. The van der Waals surface area contributed by atoms with Gasteiger partial charge in [0.25, 0.3) is 5.91 Å². The van der Waals surface area contributed by atoms with Crippen LogP contribution in [0.25, 0.3) is 0 Å². The van der Waals surface area contributed by atoms with Crippen LogP contribution in [0.1, 0.15) is 10.4 Å². The van der Waals surface area contributed by atoms with Crippen molar-refractivity contribution in [2.45, 2.75) is 0 Å². The third-order valence-electron chi connectivity index (χ3n) is 2.29. The molecule has 0 fully saturated rings. The molecule has 0 radical (unpaired) electrons. The zero-order valence-corrected chi connectivity index (χ0v) is 11.8. The lowest BCUT2D eigenvalue weighted by Crippen LogP contribution is -2.14. The molecule has 3 N–H and O–H groups in total. The second-order valence-electron chi connectivity index (χ2n) is 3.65. The summed E-state index contributed by atoms with van der Waals surface area (Å²) in [4.78, 5) is 15.9. The minimum absolute atomic E-state index is 0.104. The van der Waals surface area contributed by atoms with Gasteiger partial charge in [-0.05, 0) is 40.2 Å². The van der Waals surface area contributed by atoms with Crippen LogP contribution < -0.4 is 11.1 Å². The van der Waals surface area contributed by atoms with Crippen LogP contribution in [0.2, 0.25) is 5.15 Å². The van der Waals surface area contributed by atoms with E-state index in [4.69, 9.17) is 17.3 Å². The van der Waals surface area contributed by atoms with E-state index in [2.05, 4.69) is 26.2 Å². The second-order valence-corrected chi connectivity index (χ2v) is 4.89. The van der Waals surface area contributed by atoms with Crippen LogP contribution in [0.3, 0.4) is 0 Å². The maximum atomic E-state index is 13.2. The van der Waals surface area contributed by atoms with E-state index in [1.54, 1.807) is 18.2 Å². The van der Waals surface area contributed by atoms with Crippen molar-refractivity contribution in [3.8, 4) is 0 Å². The maximum absolute atomic E-state index is 13.2. The van der Waals surface area contributed by atoms with E-state index >= 15 is 0 Å². The molecule has 1 aromatic carbocycles. The summed E-state index contributed by atoms with van der Waals surface area (Å²) in [6.45, 7) is 0. The number of nitrogens with zero attached hydrogens (tertiary/aromatic N) is 1. The van der Waals surface area contributed by atoms with Gasteiger partial charge >= 0.3 is 0 Å². The van der Waals surface area contributed by atoms with Crippen LogP contribution in [-0.4, -0.2) is 10.9 Å². The molecule has 0 aliphatic heterocycles.